The fourth-order valence-corrected chi connectivity index (χ4v) is 1.80. The Bertz CT molecular complexity index is 371. The molecule has 0 bridgehead atoms. The number of aliphatic hydroxyl groups is 1. The van der Waals surface area contributed by atoms with E-state index in [0.29, 0.717) is 10.6 Å². The molecule has 0 aliphatic carbocycles. The molecule has 16 heavy (non-hydrogen) atoms. The Morgan fingerprint density at radius 1 is 1.31 bits per heavy atom. The number of hydrogen-bond donors (Lipinski definition) is 3. The molecule has 1 rings (SSSR count). The molecule has 1 unspecified atom stereocenters. The third-order valence-electron chi connectivity index (χ3n) is 2.38. The van der Waals surface area contributed by atoms with Crippen LogP contribution in [0, 0.1) is 0 Å². The van der Waals surface area contributed by atoms with Gasteiger partial charge in [0.15, 0.2) is 0 Å². The SMILES string of the molecule is CC(N[C@@H](C)CO)c1ccc(Cl)c(Cl)c1O. The Morgan fingerprint density at radius 3 is 2.50 bits per heavy atom. The van der Waals surface area contributed by atoms with E-state index in [1.807, 2.05) is 13.8 Å². The topological polar surface area (TPSA) is 52.5 Å². The van der Waals surface area contributed by atoms with Crippen LogP contribution in [0.4, 0.5) is 0 Å². The van der Waals surface area contributed by atoms with Crippen molar-refractivity contribution in [2.24, 2.45) is 0 Å². The van der Waals surface area contributed by atoms with Crippen LogP contribution in [0.1, 0.15) is 25.5 Å². The highest BCUT2D eigenvalue weighted by molar-refractivity contribution is 6.43. The Balaban J connectivity index is 2.92. The molecule has 1 aromatic rings. The molecule has 90 valence electrons. The summed E-state index contributed by atoms with van der Waals surface area (Å²) in [6.45, 7) is 3.77. The van der Waals surface area contributed by atoms with Gasteiger partial charge in [0.05, 0.1) is 11.6 Å². The molecule has 3 nitrogen and oxygen atoms in total. The number of halogens is 2. The first-order chi connectivity index (χ1) is 7.47. The van der Waals surface area contributed by atoms with Crippen LogP contribution < -0.4 is 5.32 Å². The van der Waals surface area contributed by atoms with Gasteiger partial charge in [0, 0.05) is 17.6 Å². The van der Waals surface area contributed by atoms with E-state index >= 15 is 0 Å². The van der Waals surface area contributed by atoms with E-state index < -0.39 is 0 Å². The van der Waals surface area contributed by atoms with E-state index in [1.165, 1.54) is 0 Å². The largest absolute Gasteiger partial charge is 0.506 e. The van der Waals surface area contributed by atoms with Crippen LogP contribution in [0.25, 0.3) is 0 Å². The fourth-order valence-electron chi connectivity index (χ4n) is 1.47. The van der Waals surface area contributed by atoms with Gasteiger partial charge in [0.25, 0.3) is 0 Å². The molecular formula is C11H15Cl2NO2. The first-order valence-corrected chi connectivity index (χ1v) is 5.76. The van der Waals surface area contributed by atoms with Crippen molar-refractivity contribution in [3.8, 4) is 5.75 Å². The number of aromatic hydroxyl groups is 1. The van der Waals surface area contributed by atoms with E-state index in [4.69, 9.17) is 28.3 Å². The number of hydrogen-bond acceptors (Lipinski definition) is 3. The van der Waals surface area contributed by atoms with Crippen LogP contribution in [0.3, 0.4) is 0 Å². The van der Waals surface area contributed by atoms with Crippen molar-refractivity contribution >= 4 is 23.2 Å². The van der Waals surface area contributed by atoms with Gasteiger partial charge in [-0.2, -0.15) is 0 Å². The second kappa shape index (κ2) is 5.73. The lowest BCUT2D eigenvalue weighted by molar-refractivity contribution is 0.242. The molecule has 2 atom stereocenters. The minimum atomic E-state index is -0.114. The monoisotopic (exact) mass is 263 g/mol. The molecule has 0 aromatic heterocycles. The highest BCUT2D eigenvalue weighted by Crippen LogP contribution is 2.36. The molecule has 0 heterocycles. The highest BCUT2D eigenvalue weighted by atomic mass is 35.5. The van der Waals surface area contributed by atoms with Crippen LogP contribution in [0.5, 0.6) is 5.75 Å². The van der Waals surface area contributed by atoms with Crippen LogP contribution in [-0.4, -0.2) is 22.9 Å². The van der Waals surface area contributed by atoms with Crippen molar-refractivity contribution in [1.29, 1.82) is 0 Å². The van der Waals surface area contributed by atoms with Gasteiger partial charge in [0.1, 0.15) is 10.8 Å². The lowest BCUT2D eigenvalue weighted by atomic mass is 10.1. The summed E-state index contributed by atoms with van der Waals surface area (Å²) in [5, 5.41) is 22.3. The number of nitrogens with one attached hydrogen (secondary N) is 1. The summed E-state index contributed by atoms with van der Waals surface area (Å²) < 4.78 is 0. The minimum absolute atomic E-state index is 0.0145. The van der Waals surface area contributed by atoms with E-state index in [0.717, 1.165) is 0 Å². The number of rotatable bonds is 4. The Morgan fingerprint density at radius 2 is 1.94 bits per heavy atom. The van der Waals surface area contributed by atoms with Crippen LogP contribution in [0.15, 0.2) is 12.1 Å². The van der Waals surface area contributed by atoms with Gasteiger partial charge in [-0.1, -0.05) is 29.3 Å². The third-order valence-corrected chi connectivity index (χ3v) is 3.17. The summed E-state index contributed by atoms with van der Waals surface area (Å²) in [6.07, 6.45) is 0. The standard InChI is InChI=1S/C11H15Cl2NO2/c1-6(5-15)14-7(2)8-3-4-9(12)10(13)11(8)16/h3-4,6-7,14-16H,5H2,1-2H3/t6-,7?/m0/s1. The zero-order valence-electron chi connectivity index (χ0n) is 9.17. The normalized spacial score (nSPS) is 14.8. The lowest BCUT2D eigenvalue weighted by Gasteiger charge is -2.20. The third kappa shape index (κ3) is 3.01. The van der Waals surface area contributed by atoms with E-state index in [1.54, 1.807) is 12.1 Å². The Kier molecular flexibility index (Phi) is 4.87. The minimum Gasteiger partial charge on any atom is -0.506 e. The quantitative estimate of drug-likeness (QED) is 0.783. The zero-order chi connectivity index (χ0) is 12.3. The van der Waals surface area contributed by atoms with Crippen molar-refractivity contribution in [3.05, 3.63) is 27.7 Å². The predicted octanol–water partition coefficient (Wildman–Crippen LogP) is 2.73. The summed E-state index contributed by atoms with van der Waals surface area (Å²) in [5.41, 5.74) is 0.662. The van der Waals surface area contributed by atoms with Crippen molar-refractivity contribution < 1.29 is 10.2 Å². The number of phenolic OH excluding ortho intramolecular Hbond substituents is 1. The summed E-state index contributed by atoms with van der Waals surface area (Å²) in [5.74, 6) is -0.0145. The van der Waals surface area contributed by atoms with Crippen molar-refractivity contribution in [2.45, 2.75) is 25.9 Å². The van der Waals surface area contributed by atoms with Gasteiger partial charge in [0.2, 0.25) is 0 Å². The zero-order valence-corrected chi connectivity index (χ0v) is 10.7. The Labute approximate surface area is 105 Å². The molecular weight excluding hydrogens is 249 g/mol. The van der Waals surface area contributed by atoms with Crippen LogP contribution in [-0.2, 0) is 0 Å². The molecule has 0 radical (unpaired) electrons. The van der Waals surface area contributed by atoms with Crippen molar-refractivity contribution in [3.63, 3.8) is 0 Å². The first-order valence-electron chi connectivity index (χ1n) is 5.01. The molecule has 0 saturated heterocycles. The van der Waals surface area contributed by atoms with Gasteiger partial charge < -0.3 is 15.5 Å². The molecule has 0 amide bonds. The summed E-state index contributed by atoms with van der Waals surface area (Å²) in [7, 11) is 0. The molecule has 0 aliphatic heterocycles. The molecule has 0 aliphatic rings. The highest BCUT2D eigenvalue weighted by Gasteiger charge is 2.16. The lowest BCUT2D eigenvalue weighted by Crippen LogP contribution is -2.31. The molecule has 0 fully saturated rings. The number of benzene rings is 1. The average Bonchev–Trinajstić information content (AvgIpc) is 2.25. The first kappa shape index (κ1) is 13.6. The molecule has 1 aromatic carbocycles. The summed E-state index contributed by atoms with van der Waals surface area (Å²) >= 11 is 11.6. The van der Waals surface area contributed by atoms with E-state index in [2.05, 4.69) is 5.32 Å². The summed E-state index contributed by atoms with van der Waals surface area (Å²) in [6, 6.07) is 3.19. The number of aliphatic hydroxyl groups excluding tert-OH is 1. The van der Waals surface area contributed by atoms with Crippen LogP contribution in [0.2, 0.25) is 10.0 Å². The maximum Gasteiger partial charge on any atom is 0.140 e. The van der Waals surface area contributed by atoms with Gasteiger partial charge >= 0.3 is 0 Å². The predicted molar refractivity (Wildman–Crippen MR) is 66.2 cm³/mol. The Hall–Kier alpha value is -0.480. The van der Waals surface area contributed by atoms with Crippen molar-refractivity contribution in [2.75, 3.05) is 6.61 Å². The van der Waals surface area contributed by atoms with Gasteiger partial charge in [-0.05, 0) is 19.9 Å². The second-order valence-electron chi connectivity index (χ2n) is 3.77. The number of phenols is 1. The van der Waals surface area contributed by atoms with Gasteiger partial charge in [-0.25, -0.2) is 0 Å². The fraction of sp³-hybridized carbons (Fsp3) is 0.455. The molecule has 3 N–H and O–H groups in total. The maximum atomic E-state index is 9.82. The average molecular weight is 264 g/mol. The van der Waals surface area contributed by atoms with Gasteiger partial charge in [-0.15, -0.1) is 0 Å². The molecule has 0 saturated carbocycles. The molecule has 0 spiro atoms. The van der Waals surface area contributed by atoms with E-state index in [9.17, 15) is 5.11 Å². The van der Waals surface area contributed by atoms with Crippen LogP contribution >= 0.6 is 23.2 Å². The second-order valence-corrected chi connectivity index (χ2v) is 4.56. The smallest absolute Gasteiger partial charge is 0.140 e. The van der Waals surface area contributed by atoms with Gasteiger partial charge in [-0.3, -0.25) is 0 Å². The maximum absolute atomic E-state index is 9.82. The van der Waals surface area contributed by atoms with Crippen molar-refractivity contribution in [1.82, 2.24) is 5.32 Å². The van der Waals surface area contributed by atoms with E-state index in [-0.39, 0.29) is 29.5 Å². The summed E-state index contributed by atoms with van der Waals surface area (Å²) in [4.78, 5) is 0. The molecule has 5 heteroatoms.